The van der Waals surface area contributed by atoms with E-state index in [0.717, 1.165) is 12.5 Å². The van der Waals surface area contributed by atoms with Gasteiger partial charge in [0.1, 0.15) is 0 Å². The van der Waals surface area contributed by atoms with Crippen molar-refractivity contribution >= 4 is 0 Å². The Balaban J connectivity index is 2.06. The number of nitrogens with zero attached hydrogens (tertiary/aromatic N) is 2. The van der Waals surface area contributed by atoms with E-state index in [1.807, 2.05) is 11.7 Å². The number of hydrogen-bond acceptors (Lipinski definition) is 2. The van der Waals surface area contributed by atoms with Crippen LogP contribution >= 0.6 is 0 Å². The predicted molar refractivity (Wildman–Crippen MR) is 70.8 cm³/mol. The minimum absolute atomic E-state index is 0.469. The zero-order valence-corrected chi connectivity index (χ0v) is 11.2. The summed E-state index contributed by atoms with van der Waals surface area (Å²) in [5.74, 6) is 0.783. The highest BCUT2D eigenvalue weighted by molar-refractivity contribution is 5.07. The molecule has 1 saturated carbocycles. The normalized spacial score (nSPS) is 19.4. The molecule has 0 saturated heterocycles. The van der Waals surface area contributed by atoms with Crippen molar-refractivity contribution in [2.24, 2.45) is 13.0 Å². The highest BCUT2D eigenvalue weighted by atomic mass is 15.3. The first-order valence-electron chi connectivity index (χ1n) is 7.04. The fourth-order valence-electron chi connectivity index (χ4n) is 2.88. The molecule has 1 atom stereocenters. The first kappa shape index (κ1) is 12.6. The van der Waals surface area contributed by atoms with Crippen LogP contribution < -0.4 is 5.32 Å². The average Bonchev–Trinajstić information content (AvgIpc) is 2.78. The molecular weight excluding hydrogens is 210 g/mol. The second kappa shape index (κ2) is 6.20. The van der Waals surface area contributed by atoms with E-state index in [2.05, 4.69) is 29.6 Å². The molecule has 3 heteroatoms. The van der Waals surface area contributed by atoms with Crippen LogP contribution in [0.4, 0.5) is 0 Å². The third-order valence-electron chi connectivity index (χ3n) is 3.79. The Morgan fingerprint density at radius 2 is 2.18 bits per heavy atom. The van der Waals surface area contributed by atoms with E-state index < -0.39 is 0 Å². The van der Waals surface area contributed by atoms with Gasteiger partial charge in [-0.2, -0.15) is 5.10 Å². The maximum absolute atomic E-state index is 4.59. The van der Waals surface area contributed by atoms with Crippen molar-refractivity contribution in [3.8, 4) is 0 Å². The second-order valence-electron chi connectivity index (χ2n) is 5.24. The molecule has 0 radical (unpaired) electrons. The predicted octanol–water partition coefficient (Wildman–Crippen LogP) is 3.04. The van der Waals surface area contributed by atoms with Gasteiger partial charge >= 0.3 is 0 Å². The van der Waals surface area contributed by atoms with Crippen molar-refractivity contribution in [1.82, 2.24) is 15.1 Å². The molecule has 1 heterocycles. The van der Waals surface area contributed by atoms with Gasteiger partial charge in [-0.3, -0.25) is 4.68 Å². The molecule has 1 aromatic rings. The maximum atomic E-state index is 4.59. The zero-order valence-electron chi connectivity index (χ0n) is 11.2. The minimum atomic E-state index is 0.469. The third kappa shape index (κ3) is 3.32. The summed E-state index contributed by atoms with van der Waals surface area (Å²) in [5, 5.41) is 8.29. The maximum Gasteiger partial charge on any atom is 0.0796 e. The molecular formula is C14H25N3. The van der Waals surface area contributed by atoms with E-state index in [-0.39, 0.29) is 0 Å². The molecule has 3 nitrogen and oxygen atoms in total. The lowest BCUT2D eigenvalue weighted by atomic mass is 9.82. The Labute approximate surface area is 105 Å². The number of aromatic nitrogens is 2. The van der Waals surface area contributed by atoms with Crippen molar-refractivity contribution in [2.75, 3.05) is 6.54 Å². The molecule has 0 amide bonds. The average molecular weight is 235 g/mol. The molecule has 1 unspecified atom stereocenters. The second-order valence-corrected chi connectivity index (χ2v) is 5.24. The quantitative estimate of drug-likeness (QED) is 0.850. The molecule has 0 aromatic carbocycles. The van der Waals surface area contributed by atoms with Crippen LogP contribution in [0.25, 0.3) is 0 Å². The van der Waals surface area contributed by atoms with Gasteiger partial charge in [-0.15, -0.1) is 0 Å². The van der Waals surface area contributed by atoms with Gasteiger partial charge in [-0.1, -0.05) is 26.2 Å². The summed E-state index contributed by atoms with van der Waals surface area (Å²) in [6, 6.07) is 2.64. The Bertz CT molecular complexity index is 326. The van der Waals surface area contributed by atoms with Gasteiger partial charge in [0.05, 0.1) is 11.7 Å². The van der Waals surface area contributed by atoms with Crippen molar-refractivity contribution in [3.63, 3.8) is 0 Å². The smallest absolute Gasteiger partial charge is 0.0796 e. The van der Waals surface area contributed by atoms with Crippen LogP contribution in [0.3, 0.4) is 0 Å². The molecule has 17 heavy (non-hydrogen) atoms. The van der Waals surface area contributed by atoms with Crippen LogP contribution in [-0.4, -0.2) is 16.3 Å². The summed E-state index contributed by atoms with van der Waals surface area (Å²) >= 11 is 0. The minimum Gasteiger partial charge on any atom is -0.308 e. The van der Waals surface area contributed by atoms with Crippen LogP contribution in [-0.2, 0) is 7.05 Å². The van der Waals surface area contributed by atoms with Crippen LogP contribution in [0.5, 0.6) is 0 Å². The molecule has 1 N–H and O–H groups in total. The van der Waals surface area contributed by atoms with Crippen LogP contribution in [0.2, 0.25) is 0 Å². The SMILES string of the molecule is CCCNC(c1ccn(C)n1)C1CCCCC1. The van der Waals surface area contributed by atoms with Gasteiger partial charge in [-0.05, 0) is 37.8 Å². The van der Waals surface area contributed by atoms with Gasteiger partial charge in [-0.25, -0.2) is 0 Å². The number of rotatable bonds is 5. The largest absolute Gasteiger partial charge is 0.308 e. The van der Waals surface area contributed by atoms with Gasteiger partial charge in [0, 0.05) is 13.2 Å². The van der Waals surface area contributed by atoms with E-state index in [0.29, 0.717) is 6.04 Å². The van der Waals surface area contributed by atoms with Gasteiger partial charge in [0.15, 0.2) is 0 Å². The summed E-state index contributed by atoms with van der Waals surface area (Å²) in [6.07, 6.45) is 10.2. The zero-order chi connectivity index (χ0) is 12.1. The van der Waals surface area contributed by atoms with Crippen LogP contribution in [0.1, 0.15) is 57.2 Å². The fraction of sp³-hybridized carbons (Fsp3) is 0.786. The topological polar surface area (TPSA) is 29.9 Å². The number of nitrogens with one attached hydrogen (secondary N) is 1. The lowest BCUT2D eigenvalue weighted by Crippen LogP contribution is -2.30. The molecule has 1 fully saturated rings. The molecule has 0 spiro atoms. The monoisotopic (exact) mass is 235 g/mol. The van der Waals surface area contributed by atoms with Crippen molar-refractivity contribution in [3.05, 3.63) is 18.0 Å². The van der Waals surface area contributed by atoms with E-state index in [4.69, 9.17) is 0 Å². The number of aryl methyl sites for hydroxylation is 1. The molecule has 1 aliphatic rings. The number of hydrogen-bond donors (Lipinski definition) is 1. The molecule has 0 bridgehead atoms. The van der Waals surface area contributed by atoms with Crippen molar-refractivity contribution in [2.45, 2.75) is 51.5 Å². The standard InChI is InChI=1S/C14H25N3/c1-3-10-15-14(12-7-5-4-6-8-12)13-9-11-17(2)16-13/h9,11-12,14-15H,3-8,10H2,1-2H3. The lowest BCUT2D eigenvalue weighted by molar-refractivity contribution is 0.267. The van der Waals surface area contributed by atoms with E-state index in [1.165, 1.54) is 44.2 Å². The van der Waals surface area contributed by atoms with Crippen molar-refractivity contribution < 1.29 is 0 Å². The molecule has 1 aliphatic carbocycles. The van der Waals surface area contributed by atoms with E-state index in [1.54, 1.807) is 0 Å². The first-order chi connectivity index (χ1) is 8.31. The van der Waals surface area contributed by atoms with Gasteiger partial charge < -0.3 is 5.32 Å². The van der Waals surface area contributed by atoms with Gasteiger partial charge in [0.2, 0.25) is 0 Å². The molecule has 0 aliphatic heterocycles. The van der Waals surface area contributed by atoms with Crippen LogP contribution in [0.15, 0.2) is 12.3 Å². The molecule has 96 valence electrons. The van der Waals surface area contributed by atoms with E-state index >= 15 is 0 Å². The fourth-order valence-corrected chi connectivity index (χ4v) is 2.88. The summed E-state index contributed by atoms with van der Waals surface area (Å²) < 4.78 is 1.92. The Morgan fingerprint density at radius 1 is 1.41 bits per heavy atom. The highest BCUT2D eigenvalue weighted by Crippen LogP contribution is 2.33. The first-order valence-corrected chi connectivity index (χ1v) is 7.04. The summed E-state index contributed by atoms with van der Waals surface area (Å²) in [4.78, 5) is 0. The van der Waals surface area contributed by atoms with E-state index in [9.17, 15) is 0 Å². The van der Waals surface area contributed by atoms with Gasteiger partial charge in [0.25, 0.3) is 0 Å². The Kier molecular flexibility index (Phi) is 4.60. The van der Waals surface area contributed by atoms with Crippen LogP contribution in [0, 0.1) is 5.92 Å². The summed E-state index contributed by atoms with van der Waals surface area (Å²) in [7, 11) is 2.00. The summed E-state index contributed by atoms with van der Waals surface area (Å²) in [5.41, 5.74) is 1.23. The molecule has 1 aromatic heterocycles. The highest BCUT2D eigenvalue weighted by Gasteiger charge is 2.25. The van der Waals surface area contributed by atoms with Crippen molar-refractivity contribution in [1.29, 1.82) is 0 Å². The Hall–Kier alpha value is -0.830. The third-order valence-corrected chi connectivity index (χ3v) is 3.79. The summed E-state index contributed by atoms with van der Waals surface area (Å²) in [6.45, 7) is 3.32. The lowest BCUT2D eigenvalue weighted by Gasteiger charge is -2.30. The molecule has 2 rings (SSSR count). The Morgan fingerprint density at radius 3 is 2.76 bits per heavy atom.